The van der Waals surface area contributed by atoms with Gasteiger partial charge in [-0.05, 0) is 49.7 Å². The van der Waals surface area contributed by atoms with Crippen LogP contribution in [0.2, 0.25) is 0 Å². The fraction of sp³-hybridized carbons (Fsp3) is 0.250. The molecule has 6 nitrogen and oxygen atoms in total. The van der Waals surface area contributed by atoms with Crippen LogP contribution < -0.4 is 4.90 Å². The molecule has 0 atom stereocenters. The summed E-state index contributed by atoms with van der Waals surface area (Å²) in [6, 6.07) is 16.9. The average Bonchev–Trinajstić information content (AvgIpc) is 3.28. The second-order valence-electron chi connectivity index (χ2n) is 6.94. The molecule has 2 heterocycles. The molecule has 0 bridgehead atoms. The van der Waals surface area contributed by atoms with E-state index in [9.17, 15) is 0 Å². The zero-order valence-electron chi connectivity index (χ0n) is 15.4. The number of hydrogen-bond donors (Lipinski definition) is 1. The lowest BCUT2D eigenvalue weighted by molar-refractivity contribution is 0.530. The second kappa shape index (κ2) is 6.29. The van der Waals surface area contributed by atoms with E-state index in [0.717, 1.165) is 33.5 Å². The van der Waals surface area contributed by atoms with E-state index < -0.39 is 0 Å². The van der Waals surface area contributed by atoms with Crippen molar-refractivity contribution in [2.24, 2.45) is 0 Å². The van der Waals surface area contributed by atoms with Crippen LogP contribution in [0.1, 0.15) is 19.9 Å². The van der Waals surface area contributed by atoms with Crippen molar-refractivity contribution in [2.75, 3.05) is 19.0 Å². The summed E-state index contributed by atoms with van der Waals surface area (Å²) in [6.07, 6.45) is 0. The fourth-order valence-electron chi connectivity index (χ4n) is 3.04. The van der Waals surface area contributed by atoms with Crippen LogP contribution in [0, 0.1) is 0 Å². The maximum Gasteiger partial charge on any atom is 0.113 e. The Balaban J connectivity index is 1.66. The Morgan fingerprint density at radius 2 is 1.69 bits per heavy atom. The molecule has 0 spiro atoms. The van der Waals surface area contributed by atoms with Gasteiger partial charge in [-0.3, -0.25) is 5.10 Å². The van der Waals surface area contributed by atoms with Gasteiger partial charge < -0.3 is 4.90 Å². The van der Waals surface area contributed by atoms with Gasteiger partial charge in [-0.25, -0.2) is 4.68 Å². The molecule has 0 aliphatic carbocycles. The van der Waals surface area contributed by atoms with Crippen molar-refractivity contribution >= 4 is 16.7 Å². The first kappa shape index (κ1) is 16.3. The minimum absolute atomic E-state index is 0.285. The third-order valence-electron chi connectivity index (χ3n) is 4.53. The Kier molecular flexibility index (Phi) is 3.95. The van der Waals surface area contributed by atoms with Gasteiger partial charge in [-0.1, -0.05) is 23.4 Å². The lowest BCUT2D eigenvalue weighted by Gasteiger charge is -2.12. The molecule has 6 heteroatoms. The molecule has 0 saturated heterocycles. The van der Waals surface area contributed by atoms with Crippen LogP contribution in [0.5, 0.6) is 0 Å². The Morgan fingerprint density at radius 3 is 2.38 bits per heavy atom. The van der Waals surface area contributed by atoms with Gasteiger partial charge >= 0.3 is 0 Å². The summed E-state index contributed by atoms with van der Waals surface area (Å²) < 4.78 is 1.93. The number of nitrogens with zero attached hydrogens (tertiary/aromatic N) is 5. The van der Waals surface area contributed by atoms with Crippen molar-refractivity contribution in [2.45, 2.75) is 19.9 Å². The second-order valence-corrected chi connectivity index (χ2v) is 6.94. The molecule has 0 fully saturated rings. The maximum absolute atomic E-state index is 4.48. The molecule has 0 saturated carbocycles. The quantitative estimate of drug-likeness (QED) is 0.603. The molecule has 0 aliphatic rings. The number of fused-ring (bicyclic) bond motifs is 1. The monoisotopic (exact) mass is 346 g/mol. The number of H-pyrrole nitrogens is 1. The molecular weight excluding hydrogens is 324 g/mol. The summed E-state index contributed by atoms with van der Waals surface area (Å²) in [5.74, 6) is 0. The lowest BCUT2D eigenvalue weighted by Crippen LogP contribution is -2.07. The summed E-state index contributed by atoms with van der Waals surface area (Å²) >= 11 is 0. The number of benzene rings is 2. The van der Waals surface area contributed by atoms with Crippen LogP contribution >= 0.6 is 0 Å². The van der Waals surface area contributed by atoms with Gasteiger partial charge in [-0.15, -0.1) is 5.10 Å². The van der Waals surface area contributed by atoms with Crippen LogP contribution in [0.15, 0.2) is 48.5 Å². The molecule has 2 aromatic heterocycles. The van der Waals surface area contributed by atoms with Crippen molar-refractivity contribution in [3.8, 4) is 22.5 Å². The highest BCUT2D eigenvalue weighted by atomic mass is 15.4. The molecule has 4 aromatic rings. The van der Waals surface area contributed by atoms with E-state index in [1.54, 1.807) is 0 Å². The van der Waals surface area contributed by atoms with Gasteiger partial charge in [0, 0.05) is 31.4 Å². The fourth-order valence-corrected chi connectivity index (χ4v) is 3.04. The molecule has 1 N–H and O–H groups in total. The van der Waals surface area contributed by atoms with Crippen molar-refractivity contribution < 1.29 is 0 Å². The van der Waals surface area contributed by atoms with Crippen LogP contribution in [0.3, 0.4) is 0 Å². The van der Waals surface area contributed by atoms with E-state index in [1.165, 1.54) is 5.69 Å². The van der Waals surface area contributed by atoms with Crippen LogP contribution in [-0.4, -0.2) is 39.3 Å². The standard InChI is InChI=1S/C20H22N6/c1-13(2)26-20-10-7-15(11-19(20)23-24-26)18-12-17(21-22-18)14-5-8-16(9-6-14)25(3)4/h5-13H,1-4H3,(H,21,22). The minimum atomic E-state index is 0.285. The summed E-state index contributed by atoms with van der Waals surface area (Å²) in [4.78, 5) is 2.09. The molecule has 4 rings (SSSR count). The number of hydrogen-bond acceptors (Lipinski definition) is 4. The van der Waals surface area contributed by atoms with Gasteiger partial charge in [0.2, 0.25) is 0 Å². The van der Waals surface area contributed by atoms with Gasteiger partial charge in [0.1, 0.15) is 5.52 Å². The molecule has 2 aromatic carbocycles. The zero-order valence-corrected chi connectivity index (χ0v) is 15.4. The summed E-state index contributed by atoms with van der Waals surface area (Å²) in [7, 11) is 4.07. The average molecular weight is 346 g/mol. The Hall–Kier alpha value is -3.15. The predicted molar refractivity (Wildman–Crippen MR) is 105 cm³/mol. The molecule has 26 heavy (non-hydrogen) atoms. The van der Waals surface area contributed by atoms with Crippen LogP contribution in [0.25, 0.3) is 33.5 Å². The summed E-state index contributed by atoms with van der Waals surface area (Å²) in [6.45, 7) is 4.20. The van der Waals surface area contributed by atoms with E-state index in [2.05, 4.69) is 81.7 Å². The van der Waals surface area contributed by atoms with E-state index in [-0.39, 0.29) is 6.04 Å². The predicted octanol–water partition coefficient (Wildman–Crippen LogP) is 4.14. The molecule has 0 radical (unpaired) electrons. The molecular formula is C20H22N6. The number of anilines is 1. The van der Waals surface area contributed by atoms with Crippen LogP contribution in [-0.2, 0) is 0 Å². The van der Waals surface area contributed by atoms with E-state index in [1.807, 2.05) is 24.8 Å². The van der Waals surface area contributed by atoms with Crippen molar-refractivity contribution in [3.05, 3.63) is 48.5 Å². The molecule has 0 aliphatic heterocycles. The third-order valence-corrected chi connectivity index (χ3v) is 4.53. The first-order valence-electron chi connectivity index (χ1n) is 8.71. The largest absolute Gasteiger partial charge is 0.378 e. The Bertz CT molecular complexity index is 1040. The Labute approximate surface area is 152 Å². The highest BCUT2D eigenvalue weighted by molar-refractivity contribution is 5.81. The van der Waals surface area contributed by atoms with Gasteiger partial charge in [-0.2, -0.15) is 5.10 Å². The molecule has 0 amide bonds. The number of nitrogens with one attached hydrogen (secondary N) is 1. The summed E-state index contributed by atoms with van der Waals surface area (Å²) in [5.41, 5.74) is 7.14. The SMILES string of the molecule is CC(C)n1nnc2cc(-c3cc(-c4ccc(N(C)C)cc4)[nH]n3)ccc21. The smallest absolute Gasteiger partial charge is 0.113 e. The van der Waals surface area contributed by atoms with Gasteiger partial charge in [0.15, 0.2) is 0 Å². The lowest BCUT2D eigenvalue weighted by atomic mass is 10.1. The van der Waals surface area contributed by atoms with Gasteiger partial charge in [0.25, 0.3) is 0 Å². The van der Waals surface area contributed by atoms with E-state index in [0.29, 0.717) is 0 Å². The van der Waals surface area contributed by atoms with Crippen molar-refractivity contribution in [1.82, 2.24) is 25.2 Å². The third kappa shape index (κ3) is 2.83. The maximum atomic E-state index is 4.48. The van der Waals surface area contributed by atoms with E-state index in [4.69, 9.17) is 0 Å². The number of aromatic nitrogens is 5. The number of rotatable bonds is 4. The first-order chi connectivity index (χ1) is 12.5. The summed E-state index contributed by atoms with van der Waals surface area (Å²) in [5, 5.41) is 16.1. The van der Waals surface area contributed by atoms with Crippen LogP contribution in [0.4, 0.5) is 5.69 Å². The van der Waals surface area contributed by atoms with Gasteiger partial charge in [0.05, 0.1) is 16.9 Å². The zero-order chi connectivity index (χ0) is 18.3. The minimum Gasteiger partial charge on any atom is -0.378 e. The molecule has 0 unspecified atom stereocenters. The topological polar surface area (TPSA) is 62.6 Å². The highest BCUT2D eigenvalue weighted by Crippen LogP contribution is 2.27. The molecule has 132 valence electrons. The van der Waals surface area contributed by atoms with E-state index >= 15 is 0 Å². The normalized spacial score (nSPS) is 11.4. The number of aromatic amines is 1. The van der Waals surface area contributed by atoms with Crippen molar-refractivity contribution in [3.63, 3.8) is 0 Å². The first-order valence-corrected chi connectivity index (χ1v) is 8.71. The highest BCUT2D eigenvalue weighted by Gasteiger charge is 2.11. The van der Waals surface area contributed by atoms with Crippen molar-refractivity contribution in [1.29, 1.82) is 0 Å². The Morgan fingerprint density at radius 1 is 0.962 bits per heavy atom.